The number of carbonyl (C=O) groups is 1. The van der Waals surface area contributed by atoms with Gasteiger partial charge in [-0.25, -0.2) is 4.79 Å². The number of aryl methyl sites for hydroxylation is 2. The first-order chi connectivity index (χ1) is 16.7. The Bertz CT molecular complexity index is 1150. The largest absolute Gasteiger partial charge is 0.449 e. The van der Waals surface area contributed by atoms with E-state index >= 15 is 0 Å². The summed E-state index contributed by atoms with van der Waals surface area (Å²) in [5.74, 6) is 0. The predicted molar refractivity (Wildman–Crippen MR) is 122 cm³/mol. The van der Waals surface area contributed by atoms with Gasteiger partial charge in [-0.05, 0) is 74.2 Å². The minimum atomic E-state index is -5.05. The number of nitriles is 1. The number of hydrogen-bond donors (Lipinski definition) is 0. The zero-order valence-corrected chi connectivity index (χ0v) is 20.1. The summed E-state index contributed by atoms with van der Waals surface area (Å²) in [6.07, 6.45) is -10.3. The fourth-order valence-electron chi connectivity index (χ4n) is 4.27. The number of carbonyl (C=O) groups excluding carboxylic acids is 1. The third-order valence-corrected chi connectivity index (χ3v) is 6.23. The van der Waals surface area contributed by atoms with Gasteiger partial charge in [0.25, 0.3) is 0 Å². The van der Waals surface area contributed by atoms with Crippen LogP contribution < -0.4 is 9.80 Å². The molecule has 0 N–H and O–H groups in total. The molecule has 1 amide bonds. The van der Waals surface area contributed by atoms with Crippen molar-refractivity contribution in [2.24, 2.45) is 0 Å². The van der Waals surface area contributed by atoms with E-state index in [1.807, 2.05) is 13.0 Å². The second kappa shape index (κ2) is 9.91. The highest BCUT2D eigenvalue weighted by atomic mass is 19.4. The van der Waals surface area contributed by atoms with E-state index in [2.05, 4.69) is 0 Å². The normalized spacial score (nSPS) is 16.9. The van der Waals surface area contributed by atoms with Gasteiger partial charge in [-0.15, -0.1) is 0 Å². The molecular formula is C25H25F6N3O2. The van der Waals surface area contributed by atoms with Crippen molar-refractivity contribution in [2.75, 3.05) is 23.0 Å². The topological polar surface area (TPSA) is 56.6 Å². The Morgan fingerprint density at radius 3 is 1.97 bits per heavy atom. The Hall–Kier alpha value is -3.42. The van der Waals surface area contributed by atoms with E-state index in [9.17, 15) is 36.4 Å². The van der Waals surface area contributed by atoms with E-state index in [4.69, 9.17) is 4.74 Å². The molecule has 0 saturated heterocycles. The molecule has 194 valence electrons. The quantitative estimate of drug-likeness (QED) is 0.407. The molecule has 0 aliphatic carbocycles. The van der Waals surface area contributed by atoms with Gasteiger partial charge in [0.15, 0.2) is 0 Å². The Kier molecular flexibility index (Phi) is 7.48. The molecule has 36 heavy (non-hydrogen) atoms. The van der Waals surface area contributed by atoms with Gasteiger partial charge in [0, 0.05) is 6.54 Å². The summed E-state index contributed by atoms with van der Waals surface area (Å²) >= 11 is 0. The van der Waals surface area contributed by atoms with Crippen LogP contribution in [0.3, 0.4) is 0 Å². The minimum absolute atomic E-state index is 0.000634. The number of benzene rings is 2. The van der Waals surface area contributed by atoms with Crippen molar-refractivity contribution in [3.8, 4) is 6.07 Å². The van der Waals surface area contributed by atoms with Crippen LogP contribution in [0.15, 0.2) is 30.3 Å². The lowest BCUT2D eigenvalue weighted by Crippen LogP contribution is -2.52. The van der Waals surface area contributed by atoms with Crippen LogP contribution in [0.5, 0.6) is 0 Å². The third kappa shape index (κ3) is 5.22. The highest BCUT2D eigenvalue weighted by molar-refractivity contribution is 5.95. The summed E-state index contributed by atoms with van der Waals surface area (Å²) in [7, 11) is 0. The van der Waals surface area contributed by atoms with Crippen LogP contribution in [0.25, 0.3) is 0 Å². The summed E-state index contributed by atoms with van der Waals surface area (Å²) in [6, 6.07) is 4.43. The number of hydrogen-bond acceptors (Lipinski definition) is 4. The number of anilines is 2. The lowest BCUT2D eigenvalue weighted by Gasteiger charge is -2.44. The number of fused-ring (bicyclic) bond motifs is 1. The van der Waals surface area contributed by atoms with Crippen molar-refractivity contribution in [1.29, 1.82) is 5.26 Å². The van der Waals surface area contributed by atoms with Crippen LogP contribution >= 0.6 is 0 Å². The molecule has 1 heterocycles. The molecule has 2 aromatic rings. The van der Waals surface area contributed by atoms with Crippen LogP contribution in [0.1, 0.15) is 54.1 Å². The van der Waals surface area contributed by atoms with Crippen molar-refractivity contribution in [3.05, 3.63) is 58.1 Å². The molecule has 1 aliphatic rings. The van der Waals surface area contributed by atoms with E-state index in [0.717, 1.165) is 11.1 Å². The van der Waals surface area contributed by atoms with Gasteiger partial charge in [-0.3, -0.25) is 4.90 Å². The van der Waals surface area contributed by atoms with Crippen LogP contribution in [0.4, 0.5) is 42.5 Å². The Morgan fingerprint density at radius 1 is 1.00 bits per heavy atom. The fourth-order valence-corrected chi connectivity index (χ4v) is 4.27. The van der Waals surface area contributed by atoms with E-state index in [1.54, 1.807) is 32.9 Å². The first-order valence-electron chi connectivity index (χ1n) is 11.3. The molecule has 1 aliphatic heterocycles. The summed E-state index contributed by atoms with van der Waals surface area (Å²) in [5, 5.41) is 10.0. The average molecular weight is 513 g/mol. The van der Waals surface area contributed by atoms with Gasteiger partial charge in [0.2, 0.25) is 0 Å². The zero-order chi connectivity index (χ0) is 27.0. The summed E-state index contributed by atoms with van der Waals surface area (Å²) in [6.45, 7) is 7.13. The lowest BCUT2D eigenvalue weighted by molar-refractivity contribution is -0.143. The van der Waals surface area contributed by atoms with Crippen LogP contribution in [-0.4, -0.2) is 25.3 Å². The predicted octanol–water partition coefficient (Wildman–Crippen LogP) is 7.17. The smallest absolute Gasteiger partial charge is 0.416 e. The van der Waals surface area contributed by atoms with E-state index in [1.165, 1.54) is 9.80 Å². The standard InChI is InChI=1S/C25H25F6N3O2/c1-5-19-13-33(20-7-14(3)15(4)8-21(20)34(19)23(35)36-6-2)22(12-32)16-9-17(24(26,27)28)11-18(10-16)25(29,30)31/h7-11,19,22H,5-6,13H2,1-4H3/t19-,22?/m1/s1. The molecule has 1 unspecified atom stereocenters. The third-order valence-electron chi connectivity index (χ3n) is 6.23. The van der Waals surface area contributed by atoms with E-state index in [0.29, 0.717) is 29.9 Å². The van der Waals surface area contributed by atoms with Crippen LogP contribution in [-0.2, 0) is 17.1 Å². The Morgan fingerprint density at radius 2 is 1.53 bits per heavy atom. The van der Waals surface area contributed by atoms with Gasteiger partial charge in [0.05, 0.1) is 41.2 Å². The first-order valence-corrected chi connectivity index (χ1v) is 11.3. The number of ether oxygens (including phenoxy) is 1. The summed E-state index contributed by atoms with van der Waals surface area (Å²) in [4.78, 5) is 15.7. The monoisotopic (exact) mass is 513 g/mol. The number of alkyl halides is 6. The van der Waals surface area contributed by atoms with Crippen LogP contribution in [0.2, 0.25) is 0 Å². The average Bonchev–Trinajstić information content (AvgIpc) is 2.79. The molecule has 5 nitrogen and oxygen atoms in total. The molecule has 11 heteroatoms. The first kappa shape index (κ1) is 27.2. The summed E-state index contributed by atoms with van der Waals surface area (Å²) in [5.41, 5.74) is -1.13. The number of amides is 1. The molecule has 0 saturated carbocycles. The number of rotatable bonds is 4. The van der Waals surface area contributed by atoms with E-state index in [-0.39, 0.29) is 19.2 Å². The molecule has 2 atom stereocenters. The lowest BCUT2D eigenvalue weighted by atomic mass is 9.95. The van der Waals surface area contributed by atoms with Crippen molar-refractivity contribution >= 4 is 17.5 Å². The van der Waals surface area contributed by atoms with Crippen molar-refractivity contribution in [2.45, 2.75) is 58.6 Å². The number of nitrogens with zero attached hydrogens (tertiary/aromatic N) is 3. The van der Waals surface area contributed by atoms with Crippen molar-refractivity contribution in [3.63, 3.8) is 0 Å². The van der Waals surface area contributed by atoms with Gasteiger partial charge in [-0.2, -0.15) is 31.6 Å². The maximum absolute atomic E-state index is 13.5. The molecule has 0 fully saturated rings. The fraction of sp³-hybridized carbons (Fsp3) is 0.440. The highest BCUT2D eigenvalue weighted by Crippen LogP contribution is 2.44. The maximum Gasteiger partial charge on any atom is 0.416 e. The second-order valence-corrected chi connectivity index (χ2v) is 8.58. The molecule has 0 radical (unpaired) electrons. The molecular weight excluding hydrogens is 488 g/mol. The van der Waals surface area contributed by atoms with Crippen molar-refractivity contribution in [1.82, 2.24) is 0 Å². The zero-order valence-electron chi connectivity index (χ0n) is 20.1. The summed E-state index contributed by atoms with van der Waals surface area (Å²) < 4.78 is 86.1. The molecule has 3 rings (SSSR count). The van der Waals surface area contributed by atoms with Gasteiger partial charge < -0.3 is 9.64 Å². The minimum Gasteiger partial charge on any atom is -0.449 e. The number of halogens is 6. The van der Waals surface area contributed by atoms with Gasteiger partial charge in [0.1, 0.15) is 6.04 Å². The van der Waals surface area contributed by atoms with Crippen molar-refractivity contribution < 1.29 is 35.9 Å². The molecule has 0 bridgehead atoms. The maximum atomic E-state index is 13.5. The second-order valence-electron chi connectivity index (χ2n) is 8.58. The molecule has 2 aromatic carbocycles. The van der Waals surface area contributed by atoms with Crippen LogP contribution in [0, 0.1) is 25.2 Å². The van der Waals surface area contributed by atoms with Gasteiger partial charge in [-0.1, -0.05) is 6.92 Å². The molecule has 0 spiro atoms. The van der Waals surface area contributed by atoms with E-state index < -0.39 is 47.2 Å². The Balaban J connectivity index is 2.24. The van der Waals surface area contributed by atoms with Gasteiger partial charge >= 0.3 is 18.4 Å². The Labute approximate surface area is 204 Å². The SMILES string of the molecule is CCOC(=O)N1c2cc(C)c(C)cc2N(C(C#N)c2cc(C(F)(F)F)cc(C(F)(F)F)c2)C[C@H]1CC. The highest BCUT2D eigenvalue weighted by Gasteiger charge is 2.41. The molecule has 0 aromatic heterocycles.